The smallest absolute Gasteiger partial charge is 0.227 e. The lowest BCUT2D eigenvalue weighted by Crippen LogP contribution is -2.38. The Morgan fingerprint density at radius 1 is 1.15 bits per heavy atom. The number of tetrazole rings is 1. The second-order valence-electron chi connectivity index (χ2n) is 6.13. The number of carbonyl (C=O) groups is 1. The zero-order chi connectivity index (χ0) is 17.8. The van der Waals surface area contributed by atoms with Crippen LogP contribution in [0.25, 0.3) is 11.4 Å². The normalized spacial score (nSPS) is 15.0. The van der Waals surface area contributed by atoms with Gasteiger partial charge >= 0.3 is 0 Å². The third-order valence-electron chi connectivity index (χ3n) is 4.50. The van der Waals surface area contributed by atoms with Gasteiger partial charge in [-0.3, -0.25) is 9.78 Å². The average molecular weight is 350 g/mol. The maximum Gasteiger partial charge on any atom is 0.227 e. The van der Waals surface area contributed by atoms with Crippen molar-refractivity contribution in [3.8, 4) is 11.4 Å². The van der Waals surface area contributed by atoms with E-state index in [1.807, 2.05) is 24.3 Å². The Kier molecular flexibility index (Phi) is 4.50. The highest BCUT2D eigenvalue weighted by atomic mass is 16.1. The maximum absolute atomic E-state index is 12.5. The molecule has 1 aliphatic heterocycles. The van der Waals surface area contributed by atoms with Crippen LogP contribution < -0.4 is 10.2 Å². The van der Waals surface area contributed by atoms with Crippen LogP contribution in [0.2, 0.25) is 0 Å². The summed E-state index contributed by atoms with van der Waals surface area (Å²) in [7, 11) is 0. The minimum absolute atomic E-state index is 0.000181. The number of anilines is 2. The molecule has 1 amide bonds. The molecular formula is C17H18N8O. The van der Waals surface area contributed by atoms with Crippen LogP contribution in [-0.4, -0.2) is 49.6 Å². The molecule has 0 atom stereocenters. The highest BCUT2D eigenvalue weighted by molar-refractivity contribution is 5.92. The summed E-state index contributed by atoms with van der Waals surface area (Å²) in [5.41, 5.74) is 1.60. The molecule has 132 valence electrons. The number of rotatable bonds is 4. The number of nitrogens with zero attached hydrogens (tertiary/aromatic N) is 6. The predicted octanol–water partition coefficient (Wildman–Crippen LogP) is 1.51. The molecule has 0 saturated carbocycles. The Bertz CT molecular complexity index is 842. The summed E-state index contributed by atoms with van der Waals surface area (Å²) in [5, 5.41) is 16.8. The van der Waals surface area contributed by atoms with Gasteiger partial charge in [-0.05, 0) is 42.3 Å². The number of amides is 1. The Morgan fingerprint density at radius 2 is 1.96 bits per heavy atom. The SMILES string of the molecule is O=C(Nc1ccc(-c2nn[nH]n2)cc1)C1CCN(c2cnccn2)CC1. The molecule has 0 unspecified atom stereocenters. The number of benzene rings is 1. The highest BCUT2D eigenvalue weighted by Gasteiger charge is 2.25. The molecular weight excluding hydrogens is 332 g/mol. The standard InChI is InChI=1S/C17H18N8O/c26-17(13-5-9-25(10-6-13)15-11-18-7-8-19-15)20-14-3-1-12(2-4-14)16-21-23-24-22-16/h1-4,7-8,11,13H,5-6,9-10H2,(H,20,26)(H,21,22,23,24). The maximum atomic E-state index is 12.5. The fraction of sp³-hybridized carbons (Fsp3) is 0.294. The van der Waals surface area contributed by atoms with E-state index < -0.39 is 0 Å². The first-order valence-corrected chi connectivity index (χ1v) is 8.45. The summed E-state index contributed by atoms with van der Waals surface area (Å²) >= 11 is 0. The van der Waals surface area contributed by atoms with Crippen LogP contribution in [0.4, 0.5) is 11.5 Å². The Morgan fingerprint density at radius 3 is 2.62 bits per heavy atom. The van der Waals surface area contributed by atoms with Gasteiger partial charge < -0.3 is 10.2 Å². The fourth-order valence-electron chi connectivity index (χ4n) is 3.06. The highest BCUT2D eigenvalue weighted by Crippen LogP contribution is 2.23. The Hall–Kier alpha value is -3.36. The van der Waals surface area contributed by atoms with E-state index in [1.165, 1.54) is 0 Å². The van der Waals surface area contributed by atoms with E-state index in [-0.39, 0.29) is 11.8 Å². The lowest BCUT2D eigenvalue weighted by atomic mass is 9.96. The molecule has 2 N–H and O–H groups in total. The van der Waals surface area contributed by atoms with Crippen LogP contribution in [0.3, 0.4) is 0 Å². The van der Waals surface area contributed by atoms with Gasteiger partial charge in [0.25, 0.3) is 0 Å². The number of hydrogen-bond donors (Lipinski definition) is 2. The van der Waals surface area contributed by atoms with E-state index in [0.717, 1.165) is 43.0 Å². The van der Waals surface area contributed by atoms with Crippen molar-refractivity contribution >= 4 is 17.4 Å². The summed E-state index contributed by atoms with van der Waals surface area (Å²) in [6, 6.07) is 7.41. The summed E-state index contributed by atoms with van der Waals surface area (Å²) in [6.07, 6.45) is 6.69. The van der Waals surface area contributed by atoms with Crippen molar-refractivity contribution in [2.24, 2.45) is 5.92 Å². The van der Waals surface area contributed by atoms with Crippen molar-refractivity contribution in [2.75, 3.05) is 23.3 Å². The van der Waals surface area contributed by atoms with Gasteiger partial charge in [-0.2, -0.15) is 5.21 Å². The molecule has 2 aromatic heterocycles. The molecule has 1 aromatic carbocycles. The van der Waals surface area contributed by atoms with Crippen LogP contribution in [0.15, 0.2) is 42.9 Å². The summed E-state index contributed by atoms with van der Waals surface area (Å²) in [6.45, 7) is 1.60. The molecule has 3 heterocycles. The summed E-state index contributed by atoms with van der Waals surface area (Å²) in [4.78, 5) is 23.1. The molecule has 1 aliphatic rings. The van der Waals surface area contributed by atoms with Gasteiger partial charge in [0.2, 0.25) is 11.7 Å². The van der Waals surface area contributed by atoms with Crippen LogP contribution in [-0.2, 0) is 4.79 Å². The summed E-state index contributed by atoms with van der Waals surface area (Å²) < 4.78 is 0. The summed E-state index contributed by atoms with van der Waals surface area (Å²) in [5.74, 6) is 1.44. The van der Waals surface area contributed by atoms with E-state index in [0.29, 0.717) is 5.82 Å². The number of nitrogens with one attached hydrogen (secondary N) is 2. The minimum Gasteiger partial charge on any atom is -0.355 e. The molecule has 0 radical (unpaired) electrons. The minimum atomic E-state index is -0.000181. The number of hydrogen-bond acceptors (Lipinski definition) is 7. The Labute approximate surface area is 149 Å². The molecule has 4 rings (SSSR count). The molecule has 0 spiro atoms. The zero-order valence-corrected chi connectivity index (χ0v) is 14.0. The van der Waals surface area contributed by atoms with Gasteiger partial charge in [0, 0.05) is 42.7 Å². The van der Waals surface area contributed by atoms with E-state index >= 15 is 0 Å². The second kappa shape index (κ2) is 7.26. The van der Waals surface area contributed by atoms with Crippen molar-refractivity contribution < 1.29 is 4.79 Å². The van der Waals surface area contributed by atoms with Crippen LogP contribution in [0.1, 0.15) is 12.8 Å². The number of carbonyl (C=O) groups excluding carboxylic acids is 1. The number of aromatic nitrogens is 6. The lowest BCUT2D eigenvalue weighted by molar-refractivity contribution is -0.120. The van der Waals surface area contributed by atoms with Crippen LogP contribution in [0.5, 0.6) is 0 Å². The quantitative estimate of drug-likeness (QED) is 0.733. The van der Waals surface area contributed by atoms with Crippen molar-refractivity contribution in [3.05, 3.63) is 42.9 Å². The van der Waals surface area contributed by atoms with Gasteiger partial charge in [0.1, 0.15) is 5.82 Å². The van der Waals surface area contributed by atoms with E-state index in [4.69, 9.17) is 0 Å². The van der Waals surface area contributed by atoms with Crippen LogP contribution >= 0.6 is 0 Å². The van der Waals surface area contributed by atoms with Gasteiger partial charge in [-0.25, -0.2) is 4.98 Å². The molecule has 0 bridgehead atoms. The first-order valence-electron chi connectivity index (χ1n) is 8.45. The average Bonchev–Trinajstić information content (AvgIpc) is 3.24. The molecule has 3 aromatic rings. The van der Waals surface area contributed by atoms with E-state index in [2.05, 4.69) is 40.8 Å². The van der Waals surface area contributed by atoms with Crippen molar-refractivity contribution in [1.29, 1.82) is 0 Å². The fourth-order valence-corrected chi connectivity index (χ4v) is 3.06. The molecule has 1 fully saturated rings. The third kappa shape index (κ3) is 3.51. The molecule has 1 saturated heterocycles. The number of piperidine rings is 1. The van der Waals surface area contributed by atoms with E-state index in [9.17, 15) is 4.79 Å². The first-order chi connectivity index (χ1) is 12.8. The monoisotopic (exact) mass is 350 g/mol. The van der Waals surface area contributed by atoms with Gasteiger partial charge in [0.15, 0.2) is 0 Å². The van der Waals surface area contributed by atoms with Crippen molar-refractivity contribution in [2.45, 2.75) is 12.8 Å². The predicted molar refractivity (Wildman–Crippen MR) is 95.2 cm³/mol. The largest absolute Gasteiger partial charge is 0.355 e. The van der Waals surface area contributed by atoms with Crippen molar-refractivity contribution in [1.82, 2.24) is 30.6 Å². The molecule has 9 heteroatoms. The Balaban J connectivity index is 1.33. The number of aromatic amines is 1. The van der Waals surface area contributed by atoms with Gasteiger partial charge in [-0.1, -0.05) is 0 Å². The number of H-pyrrole nitrogens is 1. The van der Waals surface area contributed by atoms with Gasteiger partial charge in [-0.15, -0.1) is 10.2 Å². The van der Waals surface area contributed by atoms with E-state index in [1.54, 1.807) is 18.6 Å². The third-order valence-corrected chi connectivity index (χ3v) is 4.50. The molecule has 9 nitrogen and oxygen atoms in total. The van der Waals surface area contributed by atoms with Gasteiger partial charge in [0.05, 0.1) is 6.20 Å². The molecule has 26 heavy (non-hydrogen) atoms. The lowest BCUT2D eigenvalue weighted by Gasteiger charge is -2.31. The zero-order valence-electron chi connectivity index (χ0n) is 14.0. The molecule has 0 aliphatic carbocycles. The van der Waals surface area contributed by atoms with Crippen LogP contribution in [0, 0.1) is 5.92 Å². The topological polar surface area (TPSA) is 113 Å². The second-order valence-corrected chi connectivity index (χ2v) is 6.13. The first kappa shape index (κ1) is 16.1. The van der Waals surface area contributed by atoms with Crippen molar-refractivity contribution in [3.63, 3.8) is 0 Å².